The maximum atomic E-state index is 6.31. The summed E-state index contributed by atoms with van der Waals surface area (Å²) in [5.74, 6) is 1.70. The molecule has 0 spiro atoms. The quantitative estimate of drug-likeness (QED) is 0.367. The molecule has 0 saturated carbocycles. The summed E-state index contributed by atoms with van der Waals surface area (Å²) in [6, 6.07) is 28.9. The average Bonchev–Trinajstić information content (AvgIpc) is 2.83. The Morgan fingerprint density at radius 1 is 0.560 bits per heavy atom. The number of ether oxygens (including phenoxy) is 1. The summed E-state index contributed by atoms with van der Waals surface area (Å²) in [4.78, 5) is 4.62. The first kappa shape index (κ1) is 14.0. The number of rotatable bonds is 1. The van der Waals surface area contributed by atoms with Gasteiger partial charge in [0.1, 0.15) is 11.5 Å². The summed E-state index contributed by atoms with van der Waals surface area (Å²) in [5.41, 5.74) is 6.47. The second kappa shape index (κ2) is 5.60. The van der Waals surface area contributed by atoms with E-state index in [1.165, 1.54) is 5.56 Å². The van der Waals surface area contributed by atoms with Gasteiger partial charge in [-0.3, -0.25) is 4.98 Å². The predicted molar refractivity (Wildman–Crippen MR) is 101 cm³/mol. The van der Waals surface area contributed by atoms with Crippen LogP contribution in [0.2, 0.25) is 0 Å². The fourth-order valence-electron chi connectivity index (χ4n) is 3.35. The molecule has 2 nitrogen and oxygen atoms in total. The normalized spacial score (nSPS) is 11.5. The molecule has 118 valence electrons. The van der Waals surface area contributed by atoms with E-state index in [0.717, 1.165) is 39.4 Å². The second-order valence-electron chi connectivity index (χ2n) is 6.07. The van der Waals surface area contributed by atoms with Crippen molar-refractivity contribution >= 4 is 0 Å². The molecule has 0 unspecified atom stereocenters. The average molecular weight is 321 g/mol. The third-order valence-electron chi connectivity index (χ3n) is 4.55. The lowest BCUT2D eigenvalue weighted by molar-refractivity contribution is 0.488. The van der Waals surface area contributed by atoms with Gasteiger partial charge in [-0.15, -0.1) is 0 Å². The van der Waals surface area contributed by atoms with E-state index in [2.05, 4.69) is 59.6 Å². The minimum atomic E-state index is 0.839. The lowest BCUT2D eigenvalue weighted by atomic mass is 9.97. The Bertz CT molecular complexity index is 1070. The Kier molecular flexibility index (Phi) is 3.14. The smallest absolute Gasteiger partial charge is 0.136 e. The highest BCUT2D eigenvalue weighted by atomic mass is 16.5. The van der Waals surface area contributed by atoms with E-state index in [0.29, 0.717) is 0 Å². The highest BCUT2D eigenvalue weighted by Gasteiger charge is 2.21. The van der Waals surface area contributed by atoms with Gasteiger partial charge in [0.2, 0.25) is 0 Å². The van der Waals surface area contributed by atoms with Crippen LogP contribution < -0.4 is 4.74 Å². The molecule has 1 aromatic heterocycles. The summed E-state index contributed by atoms with van der Waals surface area (Å²) in [6.07, 6.45) is 1.83. The van der Waals surface area contributed by atoms with E-state index in [1.807, 2.05) is 36.5 Å². The molecule has 0 saturated heterocycles. The van der Waals surface area contributed by atoms with E-state index in [9.17, 15) is 0 Å². The number of para-hydroxylation sites is 1. The highest BCUT2D eigenvalue weighted by molar-refractivity contribution is 5.89. The van der Waals surface area contributed by atoms with Gasteiger partial charge in [0.05, 0.1) is 5.69 Å². The zero-order chi connectivity index (χ0) is 16.6. The maximum Gasteiger partial charge on any atom is 0.136 e. The highest BCUT2D eigenvalue weighted by Crippen LogP contribution is 2.46. The summed E-state index contributed by atoms with van der Waals surface area (Å²) in [7, 11) is 0. The zero-order valence-corrected chi connectivity index (χ0v) is 13.5. The molecule has 1 aliphatic rings. The molecule has 0 radical (unpaired) electrons. The minimum absolute atomic E-state index is 0.839. The Balaban J connectivity index is 1.77. The molecule has 0 fully saturated rings. The number of nitrogens with zero attached hydrogens (tertiary/aromatic N) is 1. The van der Waals surface area contributed by atoms with Crippen molar-refractivity contribution in [3.05, 3.63) is 91.1 Å². The van der Waals surface area contributed by atoms with Crippen molar-refractivity contribution in [2.24, 2.45) is 0 Å². The molecule has 25 heavy (non-hydrogen) atoms. The van der Waals surface area contributed by atoms with Crippen molar-refractivity contribution in [3.63, 3.8) is 0 Å². The van der Waals surface area contributed by atoms with E-state index in [4.69, 9.17) is 4.74 Å². The van der Waals surface area contributed by atoms with Gasteiger partial charge < -0.3 is 4.74 Å². The van der Waals surface area contributed by atoms with Crippen LogP contribution in [0, 0.1) is 0 Å². The van der Waals surface area contributed by atoms with Gasteiger partial charge in [-0.25, -0.2) is 0 Å². The van der Waals surface area contributed by atoms with Gasteiger partial charge in [0, 0.05) is 22.9 Å². The molecular formula is C23H15NO. The predicted octanol–water partition coefficient (Wildman–Crippen LogP) is 6.19. The van der Waals surface area contributed by atoms with E-state index in [-0.39, 0.29) is 0 Å². The Hall–Kier alpha value is -3.39. The van der Waals surface area contributed by atoms with Crippen molar-refractivity contribution in [3.8, 4) is 45.0 Å². The van der Waals surface area contributed by atoms with Crippen molar-refractivity contribution < 1.29 is 4.74 Å². The molecule has 0 N–H and O–H groups in total. The van der Waals surface area contributed by atoms with E-state index >= 15 is 0 Å². The van der Waals surface area contributed by atoms with Crippen molar-refractivity contribution in [2.75, 3.05) is 0 Å². The van der Waals surface area contributed by atoms with Crippen molar-refractivity contribution in [1.82, 2.24) is 4.98 Å². The van der Waals surface area contributed by atoms with Gasteiger partial charge in [-0.2, -0.15) is 0 Å². The van der Waals surface area contributed by atoms with Crippen molar-refractivity contribution in [1.29, 1.82) is 0 Å². The zero-order valence-electron chi connectivity index (χ0n) is 13.5. The summed E-state index contributed by atoms with van der Waals surface area (Å²) in [6.45, 7) is 0. The van der Waals surface area contributed by atoms with Gasteiger partial charge in [0.15, 0.2) is 0 Å². The van der Waals surface area contributed by atoms with Crippen LogP contribution in [0.1, 0.15) is 0 Å². The number of fused-ring (bicyclic) bond motifs is 5. The second-order valence-corrected chi connectivity index (χ2v) is 6.07. The molecule has 3 aromatic carbocycles. The first-order chi connectivity index (χ1) is 12.4. The van der Waals surface area contributed by atoms with Gasteiger partial charge in [0.25, 0.3) is 0 Å². The number of aromatic nitrogens is 1. The molecule has 1 aliphatic heterocycles. The van der Waals surface area contributed by atoms with Gasteiger partial charge >= 0.3 is 0 Å². The topological polar surface area (TPSA) is 22.1 Å². The molecule has 5 rings (SSSR count). The minimum Gasteiger partial charge on any atom is -0.456 e. The number of benzene rings is 3. The van der Waals surface area contributed by atoms with Crippen LogP contribution in [-0.2, 0) is 0 Å². The Labute approximate surface area is 146 Å². The third kappa shape index (κ3) is 2.31. The number of hydrogen-bond acceptors (Lipinski definition) is 2. The number of hydrogen-bond donors (Lipinski definition) is 0. The first-order valence-corrected chi connectivity index (χ1v) is 8.32. The van der Waals surface area contributed by atoms with Crippen LogP contribution in [0.25, 0.3) is 33.5 Å². The molecule has 4 aromatic rings. The number of pyridine rings is 1. The molecule has 2 heterocycles. The third-order valence-corrected chi connectivity index (χ3v) is 4.55. The fourth-order valence-corrected chi connectivity index (χ4v) is 3.35. The molecule has 2 heteroatoms. The summed E-state index contributed by atoms with van der Waals surface area (Å²) >= 11 is 0. The molecule has 0 amide bonds. The van der Waals surface area contributed by atoms with Crippen LogP contribution in [0.5, 0.6) is 11.5 Å². The summed E-state index contributed by atoms with van der Waals surface area (Å²) < 4.78 is 6.31. The van der Waals surface area contributed by atoms with Crippen LogP contribution in [-0.4, -0.2) is 4.98 Å². The lowest BCUT2D eigenvalue weighted by Gasteiger charge is -2.11. The molecule has 0 bridgehead atoms. The van der Waals surface area contributed by atoms with Gasteiger partial charge in [-0.05, 0) is 41.5 Å². The fraction of sp³-hybridized carbons (Fsp3) is 0. The SMILES string of the molecule is c1ccc(-c2ccc3c(c2)Oc2ccccc2-c2ncccc2-3)cc1. The maximum absolute atomic E-state index is 6.31. The lowest BCUT2D eigenvalue weighted by Crippen LogP contribution is -1.87. The van der Waals surface area contributed by atoms with Crippen LogP contribution in [0.3, 0.4) is 0 Å². The molecule has 0 aliphatic carbocycles. The van der Waals surface area contributed by atoms with Crippen LogP contribution >= 0.6 is 0 Å². The monoisotopic (exact) mass is 321 g/mol. The Morgan fingerprint density at radius 2 is 1.36 bits per heavy atom. The standard InChI is InChI=1S/C23H15NO/c1-2-7-16(8-3-1)17-12-13-18-19-10-6-14-24-23(19)20-9-4-5-11-21(20)25-22(18)15-17/h1-15H. The van der Waals surface area contributed by atoms with Gasteiger partial charge in [-0.1, -0.05) is 54.6 Å². The van der Waals surface area contributed by atoms with Crippen LogP contribution in [0.4, 0.5) is 0 Å². The van der Waals surface area contributed by atoms with Crippen molar-refractivity contribution in [2.45, 2.75) is 0 Å². The van der Waals surface area contributed by atoms with E-state index < -0.39 is 0 Å². The first-order valence-electron chi connectivity index (χ1n) is 8.32. The molecule has 0 atom stereocenters. The largest absolute Gasteiger partial charge is 0.456 e. The molecular weight excluding hydrogens is 306 g/mol. The van der Waals surface area contributed by atoms with E-state index in [1.54, 1.807) is 0 Å². The van der Waals surface area contributed by atoms with Crippen LogP contribution in [0.15, 0.2) is 91.1 Å². The summed E-state index contributed by atoms with van der Waals surface area (Å²) in [5, 5.41) is 0. The Morgan fingerprint density at radius 3 is 2.28 bits per heavy atom.